The average Bonchev–Trinajstić information content (AvgIpc) is 2.20. The number of aliphatic carboxylic acids is 4. The third-order valence-electron chi connectivity index (χ3n) is 1.81. The van der Waals surface area contributed by atoms with Crippen molar-refractivity contribution in [2.45, 2.75) is 12.8 Å². The molecule has 8 heteroatoms. The van der Waals surface area contributed by atoms with Crippen LogP contribution in [0.2, 0.25) is 0 Å². The van der Waals surface area contributed by atoms with E-state index in [1.807, 2.05) is 0 Å². The van der Waals surface area contributed by atoms with Crippen LogP contribution in [0.1, 0.15) is 12.8 Å². The lowest BCUT2D eigenvalue weighted by atomic mass is 10.0. The van der Waals surface area contributed by atoms with Crippen LogP contribution in [0.5, 0.6) is 0 Å². The zero-order valence-electron chi connectivity index (χ0n) is 8.99. The standard InChI is InChI=1S/C10H10O8/c11-7(12)3-5(9(15)16)1-2-6(10(17)18)4-8(13)14/h3-4H,1-2H2,(H,11,12)(H,13,14)(H,15,16)(H,17,18)/b5-3-,6-4-. The molecule has 0 aliphatic heterocycles. The number of carboxylic acids is 4. The Hall–Kier alpha value is -2.64. The van der Waals surface area contributed by atoms with Crippen molar-refractivity contribution >= 4 is 23.9 Å². The van der Waals surface area contributed by atoms with Gasteiger partial charge < -0.3 is 20.4 Å². The molecule has 4 N–H and O–H groups in total. The summed E-state index contributed by atoms with van der Waals surface area (Å²) >= 11 is 0. The van der Waals surface area contributed by atoms with E-state index in [1.165, 1.54) is 0 Å². The van der Waals surface area contributed by atoms with Crippen molar-refractivity contribution in [3.8, 4) is 0 Å². The van der Waals surface area contributed by atoms with E-state index in [0.29, 0.717) is 12.2 Å². The van der Waals surface area contributed by atoms with E-state index in [4.69, 9.17) is 20.4 Å². The first-order valence-electron chi connectivity index (χ1n) is 4.57. The van der Waals surface area contributed by atoms with Crippen molar-refractivity contribution in [2.75, 3.05) is 0 Å². The minimum Gasteiger partial charge on any atom is -0.478 e. The molecule has 0 radical (unpaired) electrons. The summed E-state index contributed by atoms with van der Waals surface area (Å²) in [6, 6.07) is 0. The lowest BCUT2D eigenvalue weighted by molar-refractivity contribution is -0.135. The SMILES string of the molecule is O=C(O)/C=C(/CC/C(=C/C(=O)O)C(=O)O)C(=O)O. The number of hydrogen-bond donors (Lipinski definition) is 4. The summed E-state index contributed by atoms with van der Waals surface area (Å²) in [6.45, 7) is 0. The molecule has 0 heterocycles. The van der Waals surface area contributed by atoms with Crippen molar-refractivity contribution in [2.24, 2.45) is 0 Å². The Morgan fingerprint density at radius 2 is 0.944 bits per heavy atom. The maximum atomic E-state index is 10.6. The number of hydrogen-bond acceptors (Lipinski definition) is 4. The summed E-state index contributed by atoms with van der Waals surface area (Å²) in [6.07, 6.45) is 0.0746. The summed E-state index contributed by atoms with van der Waals surface area (Å²) in [5.74, 6) is -5.96. The van der Waals surface area contributed by atoms with Gasteiger partial charge in [-0.3, -0.25) is 0 Å². The van der Waals surface area contributed by atoms with Crippen molar-refractivity contribution in [1.82, 2.24) is 0 Å². The zero-order chi connectivity index (χ0) is 14.3. The molecule has 0 bridgehead atoms. The topological polar surface area (TPSA) is 149 Å². The van der Waals surface area contributed by atoms with Gasteiger partial charge in [0.15, 0.2) is 0 Å². The van der Waals surface area contributed by atoms with Gasteiger partial charge in [-0.25, -0.2) is 19.2 Å². The van der Waals surface area contributed by atoms with Gasteiger partial charge in [-0.2, -0.15) is 0 Å². The predicted molar refractivity (Wildman–Crippen MR) is 55.9 cm³/mol. The molecule has 0 rings (SSSR count). The van der Waals surface area contributed by atoms with Crippen LogP contribution in [-0.2, 0) is 19.2 Å². The van der Waals surface area contributed by atoms with Crippen molar-refractivity contribution in [3.05, 3.63) is 23.3 Å². The van der Waals surface area contributed by atoms with Gasteiger partial charge in [-0.05, 0) is 12.8 Å². The Labute approximate surface area is 100 Å². The van der Waals surface area contributed by atoms with Crippen LogP contribution in [0.4, 0.5) is 0 Å². The maximum Gasteiger partial charge on any atom is 0.331 e. The van der Waals surface area contributed by atoms with Gasteiger partial charge in [0.2, 0.25) is 0 Å². The first-order chi connectivity index (χ1) is 8.23. The van der Waals surface area contributed by atoms with Gasteiger partial charge >= 0.3 is 23.9 Å². The molecule has 98 valence electrons. The second kappa shape index (κ2) is 6.84. The molecule has 0 aromatic rings. The van der Waals surface area contributed by atoms with Crippen LogP contribution in [0.3, 0.4) is 0 Å². The minimum atomic E-state index is -1.50. The van der Waals surface area contributed by atoms with Crippen LogP contribution < -0.4 is 0 Å². The molecule has 8 nitrogen and oxygen atoms in total. The highest BCUT2D eigenvalue weighted by atomic mass is 16.4. The number of carbonyl (C=O) groups is 4. The van der Waals surface area contributed by atoms with E-state index in [1.54, 1.807) is 0 Å². The lowest BCUT2D eigenvalue weighted by Gasteiger charge is -2.02. The Morgan fingerprint density at radius 3 is 1.11 bits per heavy atom. The predicted octanol–water partition coefficient (Wildman–Crippen LogP) is -0.0422. The third kappa shape index (κ3) is 6.05. The van der Waals surface area contributed by atoms with E-state index in [-0.39, 0.29) is 0 Å². The largest absolute Gasteiger partial charge is 0.478 e. The highest BCUT2D eigenvalue weighted by Crippen LogP contribution is 2.12. The van der Waals surface area contributed by atoms with E-state index >= 15 is 0 Å². The summed E-state index contributed by atoms with van der Waals surface area (Å²) in [5.41, 5.74) is -1.03. The van der Waals surface area contributed by atoms with Crippen LogP contribution >= 0.6 is 0 Å². The first-order valence-corrected chi connectivity index (χ1v) is 4.57. The molecule has 18 heavy (non-hydrogen) atoms. The first kappa shape index (κ1) is 15.4. The molecule has 0 spiro atoms. The molecule has 0 aromatic heterocycles. The van der Waals surface area contributed by atoms with E-state index in [0.717, 1.165) is 0 Å². The quantitative estimate of drug-likeness (QED) is 0.464. The zero-order valence-corrected chi connectivity index (χ0v) is 8.99. The smallest absolute Gasteiger partial charge is 0.331 e. The van der Waals surface area contributed by atoms with Gasteiger partial charge in [-0.1, -0.05) is 0 Å². The number of carboxylic acid groups (broad SMARTS) is 4. The van der Waals surface area contributed by atoms with Crippen molar-refractivity contribution in [1.29, 1.82) is 0 Å². The van der Waals surface area contributed by atoms with Gasteiger partial charge in [0.05, 0.1) is 0 Å². The Bertz CT molecular complexity index is 401. The van der Waals surface area contributed by atoms with Crippen LogP contribution in [-0.4, -0.2) is 44.3 Å². The van der Waals surface area contributed by atoms with Gasteiger partial charge in [-0.15, -0.1) is 0 Å². The fourth-order valence-electron chi connectivity index (χ4n) is 1.05. The molecule has 0 aromatic carbocycles. The molecule has 0 aliphatic rings. The molecule has 0 atom stereocenters. The van der Waals surface area contributed by atoms with E-state index < -0.39 is 47.9 Å². The molecule has 0 saturated heterocycles. The van der Waals surface area contributed by atoms with Crippen molar-refractivity contribution < 1.29 is 39.6 Å². The molecular weight excluding hydrogens is 248 g/mol. The summed E-state index contributed by atoms with van der Waals surface area (Å²) in [7, 11) is 0. The van der Waals surface area contributed by atoms with Crippen molar-refractivity contribution in [3.63, 3.8) is 0 Å². The van der Waals surface area contributed by atoms with Gasteiger partial charge in [0.1, 0.15) is 0 Å². The average molecular weight is 258 g/mol. The fraction of sp³-hybridized carbons (Fsp3) is 0.200. The molecular formula is C10H10O8. The minimum absolute atomic E-state index is 0.396. The Balaban J connectivity index is 4.89. The molecule has 0 saturated carbocycles. The van der Waals surface area contributed by atoms with Crippen LogP contribution in [0, 0.1) is 0 Å². The second-order valence-electron chi connectivity index (χ2n) is 3.13. The van der Waals surface area contributed by atoms with Gasteiger partial charge in [0.25, 0.3) is 0 Å². The Kier molecular flexibility index (Phi) is 5.84. The lowest BCUT2D eigenvalue weighted by Crippen LogP contribution is -2.08. The molecule has 0 amide bonds. The van der Waals surface area contributed by atoms with E-state index in [2.05, 4.69) is 0 Å². The summed E-state index contributed by atoms with van der Waals surface area (Å²) in [5, 5.41) is 34.1. The van der Waals surface area contributed by atoms with E-state index in [9.17, 15) is 19.2 Å². The van der Waals surface area contributed by atoms with Crippen LogP contribution in [0.25, 0.3) is 0 Å². The third-order valence-corrected chi connectivity index (χ3v) is 1.81. The molecule has 0 aliphatic carbocycles. The Morgan fingerprint density at radius 1 is 0.667 bits per heavy atom. The summed E-state index contributed by atoms with van der Waals surface area (Å²) in [4.78, 5) is 41.9. The highest BCUT2D eigenvalue weighted by molar-refractivity contribution is 5.96. The second-order valence-corrected chi connectivity index (χ2v) is 3.13. The molecule has 0 fully saturated rings. The summed E-state index contributed by atoms with van der Waals surface area (Å²) < 4.78 is 0. The monoisotopic (exact) mass is 258 g/mol. The number of rotatable bonds is 7. The highest BCUT2D eigenvalue weighted by Gasteiger charge is 2.14. The fourth-order valence-corrected chi connectivity index (χ4v) is 1.05. The maximum absolute atomic E-state index is 10.6. The normalized spacial score (nSPS) is 12.0. The van der Waals surface area contributed by atoms with Crippen LogP contribution in [0.15, 0.2) is 23.3 Å². The molecule has 0 unspecified atom stereocenters. The van der Waals surface area contributed by atoms with Gasteiger partial charge in [0, 0.05) is 23.3 Å².